The van der Waals surface area contributed by atoms with E-state index in [2.05, 4.69) is 15.9 Å². The van der Waals surface area contributed by atoms with E-state index < -0.39 is 10.1 Å². The Kier molecular flexibility index (Phi) is 15.6. The van der Waals surface area contributed by atoms with Crippen LogP contribution in [0.2, 0.25) is 0 Å². The smallest absolute Gasteiger partial charge is 0.297 e. The molecule has 10 heteroatoms. The first-order chi connectivity index (χ1) is 14.1. The van der Waals surface area contributed by atoms with Crippen molar-refractivity contribution in [1.29, 1.82) is 0 Å². The minimum atomic E-state index is -3.74. The molecule has 0 bridgehead atoms. The van der Waals surface area contributed by atoms with Crippen molar-refractivity contribution in [2.75, 3.05) is 78.0 Å². The molecule has 0 atom stereocenters. The number of alkyl halides is 1. The van der Waals surface area contributed by atoms with Crippen molar-refractivity contribution in [3.8, 4) is 0 Å². The van der Waals surface area contributed by atoms with Crippen LogP contribution < -0.4 is 0 Å². The lowest BCUT2D eigenvalue weighted by molar-refractivity contribution is -0.0116. The highest BCUT2D eigenvalue weighted by molar-refractivity contribution is 9.09. The molecule has 0 N–H and O–H groups in total. The molecule has 0 aliphatic heterocycles. The van der Waals surface area contributed by atoms with Crippen molar-refractivity contribution in [3.05, 3.63) is 29.8 Å². The van der Waals surface area contributed by atoms with Gasteiger partial charge in [-0.15, -0.1) is 0 Å². The summed E-state index contributed by atoms with van der Waals surface area (Å²) in [6.45, 7) is 6.54. The molecule has 1 aromatic rings. The number of benzene rings is 1. The summed E-state index contributed by atoms with van der Waals surface area (Å²) in [6, 6.07) is 6.49. The molecular weight excluding hydrogens is 468 g/mol. The lowest BCUT2D eigenvalue weighted by Crippen LogP contribution is -2.15. The fourth-order valence-corrected chi connectivity index (χ4v) is 3.13. The number of aryl methyl sites for hydroxylation is 1. The molecule has 0 radical (unpaired) electrons. The first-order valence-electron chi connectivity index (χ1n) is 9.47. The number of ether oxygens (including phenoxy) is 5. The molecule has 168 valence electrons. The third kappa shape index (κ3) is 14.1. The molecule has 1 aromatic carbocycles. The molecule has 0 heterocycles. The molecular formula is C19H31BrO8S. The Morgan fingerprint density at radius 2 is 1.03 bits per heavy atom. The Morgan fingerprint density at radius 3 is 1.45 bits per heavy atom. The van der Waals surface area contributed by atoms with Gasteiger partial charge in [0.1, 0.15) is 0 Å². The quantitative estimate of drug-likeness (QED) is 0.163. The van der Waals surface area contributed by atoms with Crippen LogP contribution in [0.1, 0.15) is 5.56 Å². The molecule has 8 nitrogen and oxygen atoms in total. The van der Waals surface area contributed by atoms with Gasteiger partial charge in [0.2, 0.25) is 0 Å². The monoisotopic (exact) mass is 498 g/mol. The summed E-state index contributed by atoms with van der Waals surface area (Å²) in [5.41, 5.74) is 0.984. The maximum atomic E-state index is 12.0. The van der Waals surface area contributed by atoms with Gasteiger partial charge >= 0.3 is 0 Å². The van der Waals surface area contributed by atoms with Crippen molar-refractivity contribution < 1.29 is 36.3 Å². The fourth-order valence-electron chi connectivity index (χ4n) is 2.01. The second kappa shape index (κ2) is 17.1. The predicted octanol–water partition coefficient (Wildman–Crippen LogP) is 2.18. The molecule has 0 saturated heterocycles. The molecule has 0 fully saturated rings. The zero-order valence-corrected chi connectivity index (χ0v) is 19.2. The fraction of sp³-hybridized carbons (Fsp3) is 0.684. The number of hydrogen-bond donors (Lipinski definition) is 0. The van der Waals surface area contributed by atoms with Crippen LogP contribution in [0.25, 0.3) is 0 Å². The summed E-state index contributed by atoms with van der Waals surface area (Å²) in [5, 5.41) is 0.824. The van der Waals surface area contributed by atoms with Gasteiger partial charge in [0, 0.05) is 5.33 Å². The van der Waals surface area contributed by atoms with Gasteiger partial charge in [0.05, 0.1) is 77.6 Å². The molecule has 29 heavy (non-hydrogen) atoms. The van der Waals surface area contributed by atoms with E-state index in [-0.39, 0.29) is 18.1 Å². The first kappa shape index (κ1) is 26.4. The van der Waals surface area contributed by atoms with Crippen molar-refractivity contribution >= 4 is 26.0 Å². The van der Waals surface area contributed by atoms with Crippen molar-refractivity contribution in [2.24, 2.45) is 0 Å². The van der Waals surface area contributed by atoms with Gasteiger partial charge in [-0.3, -0.25) is 4.18 Å². The van der Waals surface area contributed by atoms with E-state index >= 15 is 0 Å². The third-order valence-electron chi connectivity index (χ3n) is 3.49. The molecule has 0 spiro atoms. The Labute approximate surface area is 182 Å². The van der Waals surface area contributed by atoms with E-state index in [0.29, 0.717) is 59.5 Å². The largest absolute Gasteiger partial charge is 0.378 e. The van der Waals surface area contributed by atoms with Crippen LogP contribution in [0, 0.1) is 6.92 Å². The third-order valence-corrected chi connectivity index (χ3v) is 5.14. The van der Waals surface area contributed by atoms with Crippen molar-refractivity contribution in [1.82, 2.24) is 0 Å². The van der Waals surface area contributed by atoms with Crippen LogP contribution >= 0.6 is 15.9 Å². The van der Waals surface area contributed by atoms with E-state index in [4.69, 9.17) is 27.9 Å². The van der Waals surface area contributed by atoms with E-state index in [0.717, 1.165) is 10.9 Å². The van der Waals surface area contributed by atoms with Gasteiger partial charge in [-0.05, 0) is 19.1 Å². The molecule has 0 aromatic heterocycles. The normalized spacial score (nSPS) is 11.8. The highest BCUT2D eigenvalue weighted by Gasteiger charge is 2.14. The standard InChI is InChI=1S/C19H31BrO8S/c1-18-2-4-19(5-3-18)29(21,22)28-17-16-27-15-14-26-13-12-25-11-10-24-9-8-23-7-6-20/h2-5H,6-17H2,1H3. The minimum absolute atomic E-state index is 0.0412. The highest BCUT2D eigenvalue weighted by Crippen LogP contribution is 2.12. The van der Waals surface area contributed by atoms with Gasteiger partial charge in [0.15, 0.2) is 0 Å². The average molecular weight is 499 g/mol. The molecule has 0 aliphatic rings. The Morgan fingerprint density at radius 1 is 0.655 bits per heavy atom. The van der Waals surface area contributed by atoms with Crippen LogP contribution in [0.3, 0.4) is 0 Å². The van der Waals surface area contributed by atoms with E-state index in [1.165, 1.54) is 12.1 Å². The lowest BCUT2D eigenvalue weighted by atomic mass is 10.2. The van der Waals surface area contributed by atoms with Crippen LogP contribution in [0.15, 0.2) is 29.2 Å². The second-order valence-electron chi connectivity index (χ2n) is 5.84. The van der Waals surface area contributed by atoms with Crippen LogP contribution in [-0.2, 0) is 38.0 Å². The van der Waals surface area contributed by atoms with E-state index in [9.17, 15) is 8.42 Å². The molecule has 0 saturated carbocycles. The zero-order chi connectivity index (χ0) is 21.2. The summed E-state index contributed by atoms with van der Waals surface area (Å²) in [7, 11) is -3.74. The highest BCUT2D eigenvalue weighted by atomic mass is 79.9. The SMILES string of the molecule is Cc1ccc(S(=O)(=O)OCCOCCOCCOCCOCCOCCBr)cc1. The predicted molar refractivity (Wildman–Crippen MR) is 112 cm³/mol. The lowest BCUT2D eigenvalue weighted by Gasteiger charge is -2.08. The number of rotatable bonds is 19. The van der Waals surface area contributed by atoms with E-state index in [1.54, 1.807) is 12.1 Å². The van der Waals surface area contributed by atoms with Crippen molar-refractivity contribution in [3.63, 3.8) is 0 Å². The molecule has 0 aliphatic carbocycles. The van der Waals surface area contributed by atoms with Gasteiger partial charge in [-0.1, -0.05) is 33.6 Å². The Balaban J connectivity index is 1.86. The van der Waals surface area contributed by atoms with Crippen molar-refractivity contribution in [2.45, 2.75) is 11.8 Å². The maximum Gasteiger partial charge on any atom is 0.297 e. The zero-order valence-electron chi connectivity index (χ0n) is 16.8. The molecule has 1 rings (SSSR count). The van der Waals surface area contributed by atoms with Crippen LogP contribution in [0.5, 0.6) is 0 Å². The topological polar surface area (TPSA) is 89.5 Å². The van der Waals surface area contributed by atoms with Gasteiger partial charge in [-0.2, -0.15) is 8.42 Å². The van der Waals surface area contributed by atoms with Gasteiger partial charge < -0.3 is 23.7 Å². The summed E-state index contributed by atoms with van der Waals surface area (Å²) in [4.78, 5) is 0.139. The Hall–Kier alpha value is -0.590. The maximum absolute atomic E-state index is 12.0. The minimum Gasteiger partial charge on any atom is -0.378 e. The number of hydrogen-bond acceptors (Lipinski definition) is 8. The second-order valence-corrected chi connectivity index (χ2v) is 8.25. The molecule has 0 amide bonds. The molecule has 0 unspecified atom stereocenters. The summed E-state index contributed by atoms with van der Waals surface area (Å²) >= 11 is 3.28. The number of halogens is 1. The Bertz CT molecular complexity index is 609. The first-order valence-corrected chi connectivity index (χ1v) is 12.0. The van der Waals surface area contributed by atoms with Crippen LogP contribution in [-0.4, -0.2) is 86.4 Å². The van der Waals surface area contributed by atoms with Gasteiger partial charge in [0.25, 0.3) is 10.1 Å². The van der Waals surface area contributed by atoms with Crippen LogP contribution in [0.4, 0.5) is 0 Å². The van der Waals surface area contributed by atoms with Gasteiger partial charge in [-0.25, -0.2) is 0 Å². The summed E-state index contributed by atoms with van der Waals surface area (Å²) in [6.07, 6.45) is 0. The summed E-state index contributed by atoms with van der Waals surface area (Å²) in [5.74, 6) is 0. The average Bonchev–Trinajstić information content (AvgIpc) is 2.70. The van der Waals surface area contributed by atoms with E-state index in [1.807, 2.05) is 6.92 Å². The summed E-state index contributed by atoms with van der Waals surface area (Å²) < 4.78 is 55.5.